The lowest BCUT2D eigenvalue weighted by atomic mass is 10.2. The van der Waals surface area contributed by atoms with Gasteiger partial charge < -0.3 is 5.32 Å². The summed E-state index contributed by atoms with van der Waals surface area (Å²) >= 11 is 0. The normalized spacial score (nSPS) is 16.3. The Morgan fingerprint density at radius 3 is 2.09 bits per heavy atom. The van der Waals surface area contributed by atoms with Gasteiger partial charge in [-0.25, -0.2) is 16.8 Å². The molecule has 1 heterocycles. The molecule has 0 aliphatic carbocycles. The van der Waals surface area contributed by atoms with Crippen molar-refractivity contribution < 1.29 is 21.6 Å². The number of amides is 1. The van der Waals surface area contributed by atoms with Crippen LogP contribution < -0.4 is 9.62 Å². The highest BCUT2D eigenvalue weighted by Crippen LogP contribution is 2.24. The fourth-order valence-electron chi connectivity index (χ4n) is 3.83. The van der Waals surface area contributed by atoms with Crippen LogP contribution in [0, 0.1) is 0 Å². The van der Waals surface area contributed by atoms with Crippen LogP contribution in [0.5, 0.6) is 0 Å². The number of hydrogen-bond donors (Lipinski definition) is 1. The van der Waals surface area contributed by atoms with Crippen LogP contribution in [0.2, 0.25) is 0 Å². The standard InChI is InChI=1S/C22H29N3O5S2/c1-3-21(25(31(2,27)28)19-10-6-4-7-11-19)22(26)23-18-12-14-20(15-13-18)32(29,30)24-16-8-5-9-17-24/h4,6-7,10-15,21H,3,5,8-9,16-17H2,1-2H3,(H,23,26)/t21-/m0/s1. The van der Waals surface area contributed by atoms with E-state index in [-0.39, 0.29) is 11.3 Å². The predicted molar refractivity (Wildman–Crippen MR) is 126 cm³/mol. The summed E-state index contributed by atoms with van der Waals surface area (Å²) in [5, 5.41) is 2.72. The van der Waals surface area contributed by atoms with Crippen LogP contribution >= 0.6 is 0 Å². The van der Waals surface area contributed by atoms with Crippen molar-refractivity contribution in [2.45, 2.75) is 43.5 Å². The van der Waals surface area contributed by atoms with Crippen molar-refractivity contribution in [1.82, 2.24) is 4.31 Å². The minimum absolute atomic E-state index is 0.173. The van der Waals surface area contributed by atoms with Crippen LogP contribution in [-0.4, -0.2) is 52.4 Å². The zero-order chi connectivity index (χ0) is 23.4. The van der Waals surface area contributed by atoms with Crippen LogP contribution in [0.3, 0.4) is 0 Å². The summed E-state index contributed by atoms with van der Waals surface area (Å²) in [6.45, 7) is 2.76. The fraction of sp³-hybridized carbons (Fsp3) is 0.409. The van der Waals surface area contributed by atoms with Crippen molar-refractivity contribution in [2.75, 3.05) is 29.0 Å². The molecule has 2 aromatic carbocycles. The first-order valence-corrected chi connectivity index (χ1v) is 13.9. The number of piperidine rings is 1. The molecule has 1 fully saturated rings. The van der Waals surface area contributed by atoms with E-state index in [2.05, 4.69) is 5.32 Å². The van der Waals surface area contributed by atoms with Crippen LogP contribution in [0.25, 0.3) is 0 Å². The number of para-hydroxylation sites is 1. The minimum Gasteiger partial charge on any atom is -0.324 e. The average molecular weight is 480 g/mol. The summed E-state index contributed by atoms with van der Waals surface area (Å²) in [4.78, 5) is 13.2. The Balaban J connectivity index is 1.79. The molecular formula is C22H29N3O5S2. The number of anilines is 2. The quantitative estimate of drug-likeness (QED) is 0.627. The maximum Gasteiger partial charge on any atom is 0.248 e. The van der Waals surface area contributed by atoms with E-state index in [0.717, 1.165) is 29.8 Å². The first kappa shape index (κ1) is 24.2. The summed E-state index contributed by atoms with van der Waals surface area (Å²) < 4.78 is 53.1. The molecule has 10 heteroatoms. The summed E-state index contributed by atoms with van der Waals surface area (Å²) in [5.41, 5.74) is 0.799. The lowest BCUT2D eigenvalue weighted by Crippen LogP contribution is -2.46. The van der Waals surface area contributed by atoms with Gasteiger partial charge in [0.05, 0.1) is 16.8 Å². The molecule has 2 aromatic rings. The molecular weight excluding hydrogens is 450 g/mol. The molecule has 1 aliphatic heterocycles. The topological polar surface area (TPSA) is 104 Å². The van der Waals surface area contributed by atoms with Gasteiger partial charge in [0, 0.05) is 18.8 Å². The number of hydrogen-bond acceptors (Lipinski definition) is 5. The Morgan fingerprint density at radius 1 is 0.969 bits per heavy atom. The number of carbonyl (C=O) groups excluding carboxylic acids is 1. The minimum atomic E-state index is -3.72. The number of nitrogens with one attached hydrogen (secondary N) is 1. The van der Waals surface area contributed by atoms with Crippen molar-refractivity contribution in [1.29, 1.82) is 0 Å². The third-order valence-corrected chi connectivity index (χ3v) is 8.51. The zero-order valence-electron chi connectivity index (χ0n) is 18.3. The molecule has 1 N–H and O–H groups in total. The van der Waals surface area contributed by atoms with Crippen molar-refractivity contribution >= 4 is 37.3 Å². The van der Waals surface area contributed by atoms with E-state index < -0.39 is 32.0 Å². The lowest BCUT2D eigenvalue weighted by molar-refractivity contribution is -0.117. The molecule has 3 rings (SSSR count). The molecule has 32 heavy (non-hydrogen) atoms. The van der Waals surface area contributed by atoms with Gasteiger partial charge >= 0.3 is 0 Å². The molecule has 1 atom stereocenters. The van der Waals surface area contributed by atoms with Gasteiger partial charge in [0.1, 0.15) is 6.04 Å². The Morgan fingerprint density at radius 2 is 1.56 bits per heavy atom. The molecule has 0 radical (unpaired) electrons. The van der Waals surface area contributed by atoms with Crippen LogP contribution in [0.15, 0.2) is 59.5 Å². The van der Waals surface area contributed by atoms with E-state index in [1.165, 1.54) is 28.6 Å². The first-order valence-electron chi connectivity index (χ1n) is 10.6. The smallest absolute Gasteiger partial charge is 0.248 e. The van der Waals surface area contributed by atoms with Crippen LogP contribution in [0.1, 0.15) is 32.6 Å². The molecule has 1 saturated heterocycles. The van der Waals surface area contributed by atoms with Crippen molar-refractivity contribution in [2.24, 2.45) is 0 Å². The maximum absolute atomic E-state index is 13.0. The molecule has 0 spiro atoms. The number of benzene rings is 2. The summed E-state index contributed by atoms with van der Waals surface area (Å²) in [6.07, 6.45) is 4.06. The molecule has 174 valence electrons. The second-order valence-corrected chi connectivity index (χ2v) is 11.6. The number of sulfonamides is 2. The fourth-order valence-corrected chi connectivity index (χ4v) is 6.55. The van der Waals surface area contributed by atoms with Crippen LogP contribution in [-0.2, 0) is 24.8 Å². The zero-order valence-corrected chi connectivity index (χ0v) is 19.9. The Labute approximate surface area is 190 Å². The van der Waals surface area contributed by atoms with Gasteiger partial charge in [-0.2, -0.15) is 4.31 Å². The van der Waals surface area contributed by atoms with Crippen LogP contribution in [0.4, 0.5) is 11.4 Å². The molecule has 1 aliphatic rings. The molecule has 8 nitrogen and oxygen atoms in total. The molecule has 0 bridgehead atoms. The highest BCUT2D eigenvalue weighted by atomic mass is 32.2. The van der Waals surface area contributed by atoms with E-state index in [9.17, 15) is 21.6 Å². The monoisotopic (exact) mass is 479 g/mol. The second-order valence-electron chi connectivity index (χ2n) is 7.80. The SMILES string of the molecule is CC[C@@H](C(=O)Nc1ccc(S(=O)(=O)N2CCCCC2)cc1)N(c1ccccc1)S(C)(=O)=O. The van der Waals surface area contributed by atoms with E-state index in [1.807, 2.05) is 0 Å². The molecule has 0 aromatic heterocycles. The van der Waals surface area contributed by atoms with E-state index in [0.29, 0.717) is 24.5 Å². The van der Waals surface area contributed by atoms with E-state index in [4.69, 9.17) is 0 Å². The first-order chi connectivity index (χ1) is 15.1. The van der Waals surface area contributed by atoms with Gasteiger partial charge in [0.2, 0.25) is 26.0 Å². The number of carbonyl (C=O) groups is 1. The predicted octanol–water partition coefficient (Wildman–Crippen LogP) is 3.04. The highest BCUT2D eigenvalue weighted by molar-refractivity contribution is 7.92. The van der Waals surface area contributed by atoms with Gasteiger partial charge in [-0.3, -0.25) is 9.10 Å². The number of nitrogens with zero attached hydrogens (tertiary/aromatic N) is 2. The van der Waals surface area contributed by atoms with Crippen molar-refractivity contribution in [3.63, 3.8) is 0 Å². The van der Waals surface area contributed by atoms with Gasteiger partial charge in [-0.1, -0.05) is 31.5 Å². The van der Waals surface area contributed by atoms with E-state index in [1.54, 1.807) is 37.3 Å². The second kappa shape index (κ2) is 10.0. The van der Waals surface area contributed by atoms with Gasteiger partial charge in [0.25, 0.3) is 0 Å². The van der Waals surface area contributed by atoms with Crippen molar-refractivity contribution in [3.05, 3.63) is 54.6 Å². The van der Waals surface area contributed by atoms with Crippen molar-refractivity contribution in [3.8, 4) is 0 Å². The summed E-state index contributed by atoms with van der Waals surface area (Å²) in [6, 6.07) is 13.5. The Bertz CT molecular complexity index is 1130. The van der Waals surface area contributed by atoms with Gasteiger partial charge in [0.15, 0.2) is 0 Å². The van der Waals surface area contributed by atoms with E-state index >= 15 is 0 Å². The highest BCUT2D eigenvalue weighted by Gasteiger charge is 2.31. The lowest BCUT2D eigenvalue weighted by Gasteiger charge is -2.30. The Hall–Kier alpha value is -2.43. The molecule has 0 unspecified atom stereocenters. The summed E-state index contributed by atoms with van der Waals surface area (Å²) in [7, 11) is -7.28. The maximum atomic E-state index is 13.0. The molecule has 0 saturated carbocycles. The molecule has 1 amide bonds. The average Bonchev–Trinajstić information content (AvgIpc) is 2.78. The Kier molecular flexibility index (Phi) is 7.58. The third-order valence-electron chi connectivity index (χ3n) is 5.42. The van der Waals surface area contributed by atoms with Gasteiger partial charge in [-0.15, -0.1) is 0 Å². The van der Waals surface area contributed by atoms with Gasteiger partial charge in [-0.05, 0) is 55.7 Å². The largest absolute Gasteiger partial charge is 0.324 e. The third kappa shape index (κ3) is 5.48. The summed E-state index contributed by atoms with van der Waals surface area (Å²) in [5.74, 6) is -0.492. The number of rotatable bonds is 8.